The number of carbonyl (C=O) groups excluding carboxylic acids is 1. The summed E-state index contributed by atoms with van der Waals surface area (Å²) in [5, 5.41) is 4.97. The van der Waals surface area contributed by atoms with Gasteiger partial charge in [-0.3, -0.25) is 4.79 Å². The second-order valence-electron chi connectivity index (χ2n) is 3.99. The minimum absolute atomic E-state index is 0.131. The van der Waals surface area contributed by atoms with E-state index >= 15 is 0 Å². The minimum Gasteiger partial charge on any atom is -0.356 e. The van der Waals surface area contributed by atoms with Crippen molar-refractivity contribution in [1.29, 1.82) is 0 Å². The fourth-order valence-corrected chi connectivity index (χ4v) is 2.41. The van der Waals surface area contributed by atoms with Crippen molar-refractivity contribution in [3.63, 3.8) is 0 Å². The number of carbonyl (C=O) groups is 1. The van der Waals surface area contributed by atoms with Gasteiger partial charge in [0, 0.05) is 11.4 Å². The SMILES string of the molecule is CCN(CC)CCCNC(=O)Cc1cccs1. The van der Waals surface area contributed by atoms with Gasteiger partial charge < -0.3 is 10.2 Å². The number of hydrogen-bond donors (Lipinski definition) is 1. The van der Waals surface area contributed by atoms with Gasteiger partial charge in [0.05, 0.1) is 6.42 Å². The lowest BCUT2D eigenvalue weighted by Gasteiger charge is -2.17. The monoisotopic (exact) mass is 254 g/mol. The molecule has 0 aliphatic heterocycles. The molecule has 0 aromatic carbocycles. The number of hydrogen-bond acceptors (Lipinski definition) is 3. The fourth-order valence-electron chi connectivity index (χ4n) is 1.70. The van der Waals surface area contributed by atoms with Gasteiger partial charge in [0.25, 0.3) is 0 Å². The Morgan fingerprint density at radius 1 is 1.41 bits per heavy atom. The second-order valence-corrected chi connectivity index (χ2v) is 5.02. The molecule has 0 atom stereocenters. The quantitative estimate of drug-likeness (QED) is 0.721. The average molecular weight is 254 g/mol. The van der Waals surface area contributed by atoms with Gasteiger partial charge in [-0.05, 0) is 37.5 Å². The summed E-state index contributed by atoms with van der Waals surface area (Å²) in [5.41, 5.74) is 0. The van der Waals surface area contributed by atoms with Gasteiger partial charge in [0.1, 0.15) is 0 Å². The Balaban J connectivity index is 2.08. The van der Waals surface area contributed by atoms with Crippen molar-refractivity contribution in [2.75, 3.05) is 26.2 Å². The van der Waals surface area contributed by atoms with Crippen LogP contribution in [0.1, 0.15) is 25.1 Å². The molecule has 0 unspecified atom stereocenters. The zero-order valence-electron chi connectivity index (χ0n) is 10.7. The Morgan fingerprint density at radius 3 is 2.76 bits per heavy atom. The Bertz CT molecular complexity index is 307. The van der Waals surface area contributed by atoms with E-state index in [2.05, 4.69) is 24.1 Å². The highest BCUT2D eigenvalue weighted by Gasteiger charge is 2.04. The van der Waals surface area contributed by atoms with E-state index in [0.717, 1.165) is 37.5 Å². The molecule has 0 fully saturated rings. The Morgan fingerprint density at radius 2 is 2.18 bits per heavy atom. The Kier molecular flexibility index (Phi) is 6.89. The molecule has 0 aliphatic rings. The van der Waals surface area contributed by atoms with Crippen LogP contribution in [0.3, 0.4) is 0 Å². The highest BCUT2D eigenvalue weighted by atomic mass is 32.1. The third kappa shape index (κ3) is 5.84. The molecule has 17 heavy (non-hydrogen) atoms. The lowest BCUT2D eigenvalue weighted by atomic mass is 10.3. The van der Waals surface area contributed by atoms with Crippen LogP contribution in [-0.4, -0.2) is 37.0 Å². The molecule has 1 aromatic heterocycles. The first kappa shape index (κ1) is 14.2. The van der Waals surface area contributed by atoms with Gasteiger partial charge in [0.2, 0.25) is 5.91 Å². The first-order chi connectivity index (χ1) is 8.26. The van der Waals surface area contributed by atoms with E-state index in [9.17, 15) is 4.79 Å². The van der Waals surface area contributed by atoms with Gasteiger partial charge in [0.15, 0.2) is 0 Å². The molecular weight excluding hydrogens is 232 g/mol. The minimum atomic E-state index is 0.131. The van der Waals surface area contributed by atoms with Crippen molar-refractivity contribution in [3.8, 4) is 0 Å². The van der Waals surface area contributed by atoms with E-state index in [-0.39, 0.29) is 5.91 Å². The molecule has 0 aliphatic carbocycles. The number of rotatable bonds is 8. The molecule has 1 N–H and O–H groups in total. The number of nitrogens with one attached hydrogen (secondary N) is 1. The van der Waals surface area contributed by atoms with E-state index in [1.807, 2.05) is 17.5 Å². The highest BCUT2D eigenvalue weighted by molar-refractivity contribution is 7.10. The van der Waals surface area contributed by atoms with Gasteiger partial charge in [-0.25, -0.2) is 0 Å². The lowest BCUT2D eigenvalue weighted by Crippen LogP contribution is -2.30. The van der Waals surface area contributed by atoms with Gasteiger partial charge in [-0.15, -0.1) is 11.3 Å². The van der Waals surface area contributed by atoms with Gasteiger partial charge in [-0.1, -0.05) is 19.9 Å². The van der Waals surface area contributed by atoms with Gasteiger partial charge >= 0.3 is 0 Å². The average Bonchev–Trinajstić information content (AvgIpc) is 2.82. The normalized spacial score (nSPS) is 10.8. The maximum absolute atomic E-state index is 11.6. The van der Waals surface area contributed by atoms with E-state index in [4.69, 9.17) is 0 Å². The number of amides is 1. The first-order valence-corrected chi connectivity index (χ1v) is 7.15. The van der Waals surface area contributed by atoms with Crippen LogP contribution in [0, 0.1) is 0 Å². The van der Waals surface area contributed by atoms with Crippen molar-refractivity contribution in [3.05, 3.63) is 22.4 Å². The third-order valence-corrected chi connectivity index (χ3v) is 3.66. The molecule has 1 rings (SSSR count). The van der Waals surface area contributed by atoms with E-state index in [1.54, 1.807) is 11.3 Å². The van der Waals surface area contributed by atoms with Crippen molar-refractivity contribution < 1.29 is 4.79 Å². The summed E-state index contributed by atoms with van der Waals surface area (Å²) in [6, 6.07) is 3.98. The smallest absolute Gasteiger partial charge is 0.225 e. The van der Waals surface area contributed by atoms with Crippen molar-refractivity contribution in [1.82, 2.24) is 10.2 Å². The molecule has 1 amide bonds. The zero-order chi connectivity index (χ0) is 12.5. The third-order valence-electron chi connectivity index (χ3n) is 2.78. The van der Waals surface area contributed by atoms with Crippen LogP contribution in [0.15, 0.2) is 17.5 Å². The van der Waals surface area contributed by atoms with E-state index < -0.39 is 0 Å². The van der Waals surface area contributed by atoms with Crippen LogP contribution in [0.5, 0.6) is 0 Å². The Labute approximate surface area is 108 Å². The van der Waals surface area contributed by atoms with Crippen LogP contribution in [0.25, 0.3) is 0 Å². The second kappa shape index (κ2) is 8.25. The predicted molar refractivity (Wildman–Crippen MR) is 73.4 cm³/mol. The summed E-state index contributed by atoms with van der Waals surface area (Å²) in [5.74, 6) is 0.131. The van der Waals surface area contributed by atoms with Gasteiger partial charge in [-0.2, -0.15) is 0 Å². The topological polar surface area (TPSA) is 32.3 Å². The van der Waals surface area contributed by atoms with Crippen LogP contribution >= 0.6 is 11.3 Å². The van der Waals surface area contributed by atoms with E-state index in [1.165, 1.54) is 0 Å². The summed E-state index contributed by atoms with van der Waals surface area (Å²) in [6.45, 7) is 8.34. The summed E-state index contributed by atoms with van der Waals surface area (Å²) < 4.78 is 0. The van der Waals surface area contributed by atoms with Crippen molar-refractivity contribution in [2.24, 2.45) is 0 Å². The van der Waals surface area contributed by atoms with E-state index in [0.29, 0.717) is 6.42 Å². The molecule has 0 radical (unpaired) electrons. The molecule has 0 bridgehead atoms. The molecule has 0 saturated heterocycles. The van der Waals surface area contributed by atoms with Crippen molar-refractivity contribution in [2.45, 2.75) is 26.7 Å². The molecule has 0 saturated carbocycles. The molecule has 1 aromatic rings. The Hall–Kier alpha value is -0.870. The van der Waals surface area contributed by atoms with Crippen molar-refractivity contribution >= 4 is 17.2 Å². The maximum Gasteiger partial charge on any atom is 0.225 e. The lowest BCUT2D eigenvalue weighted by molar-refractivity contribution is -0.120. The molecule has 3 nitrogen and oxygen atoms in total. The molecular formula is C13H22N2OS. The largest absolute Gasteiger partial charge is 0.356 e. The molecule has 1 heterocycles. The molecule has 0 spiro atoms. The van der Waals surface area contributed by atoms with Crippen LogP contribution in [0.4, 0.5) is 0 Å². The summed E-state index contributed by atoms with van der Waals surface area (Å²) in [6.07, 6.45) is 1.54. The zero-order valence-corrected chi connectivity index (χ0v) is 11.6. The number of nitrogens with zero attached hydrogens (tertiary/aromatic N) is 1. The summed E-state index contributed by atoms with van der Waals surface area (Å²) >= 11 is 1.63. The maximum atomic E-state index is 11.6. The fraction of sp³-hybridized carbons (Fsp3) is 0.615. The summed E-state index contributed by atoms with van der Waals surface area (Å²) in [4.78, 5) is 15.1. The molecule has 96 valence electrons. The van der Waals surface area contributed by atoms with Crippen LogP contribution < -0.4 is 5.32 Å². The standard InChI is InChI=1S/C13H22N2OS/c1-3-15(4-2)9-6-8-14-13(16)11-12-7-5-10-17-12/h5,7,10H,3-4,6,8-9,11H2,1-2H3,(H,14,16). The van der Waals surface area contributed by atoms with Crippen LogP contribution in [0.2, 0.25) is 0 Å². The number of thiophene rings is 1. The predicted octanol–water partition coefficient (Wildman–Crippen LogP) is 2.14. The highest BCUT2D eigenvalue weighted by Crippen LogP contribution is 2.08. The van der Waals surface area contributed by atoms with Crippen LogP contribution in [-0.2, 0) is 11.2 Å². The molecule has 4 heteroatoms. The first-order valence-electron chi connectivity index (χ1n) is 6.27. The summed E-state index contributed by atoms with van der Waals surface area (Å²) in [7, 11) is 0.